The van der Waals surface area contributed by atoms with Crippen LogP contribution in [-0.4, -0.2) is 51.2 Å². The number of carbonyl (C=O) groups is 2. The third kappa shape index (κ3) is 4.37. The zero-order valence-electron chi connectivity index (χ0n) is 18.7. The second kappa shape index (κ2) is 8.24. The predicted molar refractivity (Wildman–Crippen MR) is 125 cm³/mol. The van der Waals surface area contributed by atoms with E-state index in [-0.39, 0.29) is 22.0 Å². The van der Waals surface area contributed by atoms with Gasteiger partial charge in [0.05, 0.1) is 11.4 Å². The van der Waals surface area contributed by atoms with Gasteiger partial charge in [0, 0.05) is 42.0 Å². The van der Waals surface area contributed by atoms with Crippen molar-refractivity contribution in [1.29, 1.82) is 0 Å². The van der Waals surface area contributed by atoms with E-state index in [1.165, 1.54) is 6.92 Å². The number of nitrogens with one attached hydrogen (secondary N) is 1. The molecule has 0 aromatic heterocycles. The number of carbonyl (C=O) groups excluding carboxylic acids is 2. The van der Waals surface area contributed by atoms with E-state index >= 15 is 0 Å². The lowest BCUT2D eigenvalue weighted by Gasteiger charge is -2.24. The van der Waals surface area contributed by atoms with Gasteiger partial charge < -0.3 is 9.80 Å². The second-order valence-corrected chi connectivity index (χ2v) is 10.9. The van der Waals surface area contributed by atoms with E-state index in [1.807, 2.05) is 4.90 Å². The van der Waals surface area contributed by atoms with Gasteiger partial charge in [0.2, 0.25) is 5.91 Å². The van der Waals surface area contributed by atoms with Gasteiger partial charge in [-0.05, 0) is 67.8 Å². The van der Waals surface area contributed by atoms with Crippen molar-refractivity contribution < 1.29 is 18.0 Å². The van der Waals surface area contributed by atoms with Gasteiger partial charge in [-0.15, -0.1) is 0 Å². The summed E-state index contributed by atoms with van der Waals surface area (Å²) in [6.45, 7) is 8.20. The van der Waals surface area contributed by atoms with Crippen molar-refractivity contribution in [3.63, 3.8) is 0 Å². The molecule has 2 aliphatic rings. The topological polar surface area (TPSA) is 86.8 Å². The Morgan fingerprint density at radius 2 is 1.69 bits per heavy atom. The first kappa shape index (κ1) is 22.3. The van der Waals surface area contributed by atoms with E-state index in [2.05, 4.69) is 23.5 Å². The molecule has 0 saturated carbocycles. The Labute approximate surface area is 189 Å². The van der Waals surface area contributed by atoms with Crippen LogP contribution < -0.4 is 9.62 Å². The molecule has 1 fully saturated rings. The first-order valence-electron chi connectivity index (χ1n) is 10.9. The summed E-state index contributed by atoms with van der Waals surface area (Å²) in [5.74, 6) is 0.0477. The Bertz CT molecular complexity index is 1150. The fraction of sp³-hybridized carbons (Fsp3) is 0.417. The third-order valence-electron chi connectivity index (χ3n) is 6.26. The zero-order chi connectivity index (χ0) is 23.1. The molecule has 170 valence electrons. The van der Waals surface area contributed by atoms with E-state index in [9.17, 15) is 18.0 Å². The highest BCUT2D eigenvalue weighted by Crippen LogP contribution is 2.41. The standard InChI is InChI=1S/C24H29N3O4S/c1-17(28)18-6-8-19(9-7-18)25-32(30,31)20-10-11-22-21(14-20)24(2,3)16-27(22)15-23(29)26-12-4-5-13-26/h6-11,14,25H,4-5,12-13,15-16H2,1-3H3. The van der Waals surface area contributed by atoms with Gasteiger partial charge in [0.25, 0.3) is 10.0 Å². The molecule has 4 rings (SSSR count). The number of nitrogens with zero attached hydrogens (tertiary/aromatic N) is 2. The van der Waals surface area contributed by atoms with Crippen LogP contribution in [0.5, 0.6) is 0 Å². The molecule has 1 amide bonds. The van der Waals surface area contributed by atoms with Crippen molar-refractivity contribution in [2.45, 2.75) is 43.9 Å². The maximum absolute atomic E-state index is 13.0. The van der Waals surface area contributed by atoms with E-state index in [0.29, 0.717) is 24.3 Å². The number of anilines is 2. The summed E-state index contributed by atoms with van der Waals surface area (Å²) in [7, 11) is -3.80. The molecule has 2 aliphatic heterocycles. The largest absolute Gasteiger partial charge is 0.361 e. The number of fused-ring (bicyclic) bond motifs is 1. The van der Waals surface area contributed by atoms with Crippen LogP contribution in [-0.2, 0) is 20.2 Å². The van der Waals surface area contributed by atoms with Crippen molar-refractivity contribution >= 4 is 33.1 Å². The number of sulfonamides is 1. The number of ketones is 1. The Morgan fingerprint density at radius 1 is 1.03 bits per heavy atom. The highest BCUT2D eigenvalue weighted by Gasteiger charge is 2.37. The summed E-state index contributed by atoms with van der Waals surface area (Å²) in [6.07, 6.45) is 2.11. The summed E-state index contributed by atoms with van der Waals surface area (Å²) in [5.41, 5.74) is 2.46. The maximum Gasteiger partial charge on any atom is 0.261 e. The van der Waals surface area contributed by atoms with Crippen LogP contribution in [0.2, 0.25) is 0 Å². The molecule has 0 aliphatic carbocycles. The van der Waals surface area contributed by atoms with Gasteiger partial charge in [-0.3, -0.25) is 14.3 Å². The van der Waals surface area contributed by atoms with Crippen molar-refractivity contribution in [1.82, 2.24) is 4.90 Å². The van der Waals surface area contributed by atoms with Crippen LogP contribution in [0.4, 0.5) is 11.4 Å². The van der Waals surface area contributed by atoms with E-state index in [1.54, 1.807) is 42.5 Å². The number of Topliss-reactive ketones (excluding diaryl/α,β-unsaturated/α-hetero) is 1. The predicted octanol–water partition coefficient (Wildman–Crippen LogP) is 3.41. The van der Waals surface area contributed by atoms with Crippen molar-refractivity contribution in [3.05, 3.63) is 53.6 Å². The van der Waals surface area contributed by atoms with Gasteiger partial charge in [-0.2, -0.15) is 0 Å². The van der Waals surface area contributed by atoms with Crippen LogP contribution in [0, 0.1) is 0 Å². The van der Waals surface area contributed by atoms with Gasteiger partial charge in [0.15, 0.2) is 5.78 Å². The number of amides is 1. The number of hydrogen-bond acceptors (Lipinski definition) is 5. The summed E-state index contributed by atoms with van der Waals surface area (Å²) in [6, 6.07) is 11.5. The lowest BCUT2D eigenvalue weighted by Crippen LogP contribution is -2.40. The molecule has 2 aromatic rings. The third-order valence-corrected chi connectivity index (χ3v) is 7.64. The molecular formula is C24H29N3O4S. The van der Waals surface area contributed by atoms with Gasteiger partial charge in [-0.25, -0.2) is 8.42 Å². The molecule has 0 unspecified atom stereocenters. The fourth-order valence-corrected chi connectivity index (χ4v) is 5.59. The van der Waals surface area contributed by atoms with Crippen molar-refractivity contribution in [2.24, 2.45) is 0 Å². The van der Waals surface area contributed by atoms with Crippen molar-refractivity contribution in [3.8, 4) is 0 Å². The quantitative estimate of drug-likeness (QED) is 0.675. The van der Waals surface area contributed by atoms with Crippen LogP contribution in [0.25, 0.3) is 0 Å². The SMILES string of the molecule is CC(=O)c1ccc(NS(=O)(=O)c2ccc3c(c2)C(C)(C)CN3CC(=O)N2CCCC2)cc1. The Hall–Kier alpha value is -2.87. The van der Waals surface area contributed by atoms with Crippen molar-refractivity contribution in [2.75, 3.05) is 35.8 Å². The number of rotatable bonds is 6. The van der Waals surface area contributed by atoms with Gasteiger partial charge in [-0.1, -0.05) is 13.8 Å². The Morgan fingerprint density at radius 3 is 2.31 bits per heavy atom. The minimum Gasteiger partial charge on any atom is -0.361 e. The van der Waals surface area contributed by atoms with Gasteiger partial charge in [0.1, 0.15) is 0 Å². The zero-order valence-corrected chi connectivity index (χ0v) is 19.5. The fourth-order valence-electron chi connectivity index (χ4n) is 4.51. The molecule has 0 radical (unpaired) electrons. The molecule has 0 bridgehead atoms. The van der Waals surface area contributed by atoms with Crippen LogP contribution >= 0.6 is 0 Å². The average Bonchev–Trinajstić information content (AvgIpc) is 3.35. The number of likely N-dealkylation sites (tertiary alicyclic amines) is 1. The molecule has 32 heavy (non-hydrogen) atoms. The summed E-state index contributed by atoms with van der Waals surface area (Å²) < 4.78 is 28.6. The molecule has 2 aromatic carbocycles. The maximum atomic E-state index is 13.0. The minimum atomic E-state index is -3.80. The highest BCUT2D eigenvalue weighted by molar-refractivity contribution is 7.92. The summed E-state index contributed by atoms with van der Waals surface area (Å²) >= 11 is 0. The molecule has 0 spiro atoms. The number of hydrogen-bond donors (Lipinski definition) is 1. The first-order valence-corrected chi connectivity index (χ1v) is 12.4. The number of benzene rings is 2. The molecule has 2 heterocycles. The normalized spacial score (nSPS) is 17.3. The second-order valence-electron chi connectivity index (χ2n) is 9.25. The summed E-state index contributed by atoms with van der Waals surface area (Å²) in [4.78, 5) is 28.2. The molecule has 7 nitrogen and oxygen atoms in total. The molecule has 0 atom stereocenters. The first-order chi connectivity index (χ1) is 15.1. The van der Waals surface area contributed by atoms with Crippen LogP contribution in [0.3, 0.4) is 0 Å². The Balaban J connectivity index is 1.56. The molecule has 1 N–H and O–H groups in total. The van der Waals surface area contributed by atoms with Crippen LogP contribution in [0.15, 0.2) is 47.4 Å². The average molecular weight is 456 g/mol. The summed E-state index contributed by atoms with van der Waals surface area (Å²) in [5, 5.41) is 0. The lowest BCUT2D eigenvalue weighted by molar-refractivity contribution is -0.128. The monoisotopic (exact) mass is 455 g/mol. The van der Waals surface area contributed by atoms with Gasteiger partial charge >= 0.3 is 0 Å². The van der Waals surface area contributed by atoms with E-state index in [4.69, 9.17) is 0 Å². The van der Waals surface area contributed by atoms with E-state index in [0.717, 1.165) is 37.2 Å². The smallest absolute Gasteiger partial charge is 0.261 e. The van der Waals surface area contributed by atoms with E-state index < -0.39 is 10.0 Å². The lowest BCUT2D eigenvalue weighted by atomic mass is 9.87. The molecule has 8 heteroatoms. The highest BCUT2D eigenvalue weighted by atomic mass is 32.2. The molecular weight excluding hydrogens is 426 g/mol. The Kier molecular flexibility index (Phi) is 5.75. The minimum absolute atomic E-state index is 0.0759. The van der Waals surface area contributed by atoms with Crippen LogP contribution in [0.1, 0.15) is 49.5 Å². The molecule has 1 saturated heterocycles.